The van der Waals surface area contributed by atoms with Gasteiger partial charge >= 0.3 is 0 Å². The number of nitrogens with zero attached hydrogens (tertiary/aromatic N) is 1. The minimum atomic E-state index is -0.432. The lowest BCUT2D eigenvalue weighted by molar-refractivity contribution is -0.136. The van der Waals surface area contributed by atoms with Gasteiger partial charge in [-0.05, 0) is 19.3 Å². The first-order chi connectivity index (χ1) is 8.58. The molecule has 18 heavy (non-hydrogen) atoms. The Morgan fingerprint density at radius 2 is 2.06 bits per heavy atom. The second kappa shape index (κ2) is 7.33. The zero-order valence-electron chi connectivity index (χ0n) is 11.1. The fraction of sp³-hybridized carbons (Fsp3) is 0.833. The highest BCUT2D eigenvalue weighted by atomic mass is 16.5. The number of amides is 2. The molecule has 1 aliphatic heterocycles. The highest BCUT2D eigenvalue weighted by molar-refractivity contribution is 5.81. The molecule has 0 aliphatic carbocycles. The number of nitrogens with two attached hydrogens (primary N) is 1. The number of methoxy groups -OCH3 is 1. The monoisotopic (exact) mass is 257 g/mol. The minimum absolute atomic E-state index is 0.00698. The van der Waals surface area contributed by atoms with E-state index < -0.39 is 6.04 Å². The van der Waals surface area contributed by atoms with Gasteiger partial charge in [-0.1, -0.05) is 6.92 Å². The Kier molecular flexibility index (Phi) is 6.07. The predicted octanol–water partition coefficient (Wildman–Crippen LogP) is -0.523. The highest BCUT2D eigenvalue weighted by Crippen LogP contribution is 2.10. The fourth-order valence-corrected chi connectivity index (χ4v) is 1.98. The van der Waals surface area contributed by atoms with E-state index in [1.165, 1.54) is 7.11 Å². The summed E-state index contributed by atoms with van der Waals surface area (Å²) in [5.41, 5.74) is 5.66. The molecule has 1 aliphatic rings. The Hall–Kier alpha value is -1.14. The zero-order valence-corrected chi connectivity index (χ0v) is 11.1. The third-order valence-electron chi connectivity index (χ3n) is 3.24. The molecule has 6 nitrogen and oxygen atoms in total. The van der Waals surface area contributed by atoms with Crippen molar-refractivity contribution in [2.24, 2.45) is 5.73 Å². The molecule has 0 aromatic carbocycles. The van der Waals surface area contributed by atoms with E-state index in [9.17, 15) is 9.59 Å². The Balaban J connectivity index is 2.31. The van der Waals surface area contributed by atoms with Crippen molar-refractivity contribution in [3.63, 3.8) is 0 Å². The smallest absolute Gasteiger partial charge is 0.248 e. The molecule has 1 rings (SSSR count). The summed E-state index contributed by atoms with van der Waals surface area (Å²) < 4.78 is 4.82. The van der Waals surface area contributed by atoms with Crippen LogP contribution < -0.4 is 11.1 Å². The molecule has 0 aromatic rings. The second-order valence-corrected chi connectivity index (χ2v) is 4.61. The first kappa shape index (κ1) is 14.9. The molecule has 0 saturated carbocycles. The van der Waals surface area contributed by atoms with Gasteiger partial charge in [0.15, 0.2) is 0 Å². The maximum Gasteiger partial charge on any atom is 0.248 e. The number of rotatable bonds is 5. The summed E-state index contributed by atoms with van der Waals surface area (Å²) >= 11 is 0. The summed E-state index contributed by atoms with van der Waals surface area (Å²) in [5.74, 6) is -0.0910. The number of hydrogen-bond acceptors (Lipinski definition) is 4. The van der Waals surface area contributed by atoms with E-state index in [0.29, 0.717) is 19.5 Å². The van der Waals surface area contributed by atoms with E-state index in [1.807, 2.05) is 6.92 Å². The lowest BCUT2D eigenvalue weighted by Gasteiger charge is -2.32. The van der Waals surface area contributed by atoms with Gasteiger partial charge in [0.1, 0.15) is 6.61 Å². The van der Waals surface area contributed by atoms with Crippen LogP contribution in [0.25, 0.3) is 0 Å². The lowest BCUT2D eigenvalue weighted by Crippen LogP contribution is -2.50. The predicted molar refractivity (Wildman–Crippen MR) is 67.9 cm³/mol. The number of likely N-dealkylation sites (tertiary alicyclic amines) is 1. The van der Waals surface area contributed by atoms with Crippen molar-refractivity contribution in [1.29, 1.82) is 0 Å². The number of ether oxygens (including phenoxy) is 1. The molecule has 0 aromatic heterocycles. The molecular weight excluding hydrogens is 234 g/mol. The number of nitrogens with one attached hydrogen (secondary N) is 1. The Labute approximate surface area is 108 Å². The first-order valence-electron chi connectivity index (χ1n) is 6.41. The molecule has 3 N–H and O–H groups in total. The van der Waals surface area contributed by atoms with E-state index in [-0.39, 0.29) is 24.5 Å². The first-order valence-corrected chi connectivity index (χ1v) is 6.41. The van der Waals surface area contributed by atoms with E-state index in [1.54, 1.807) is 4.90 Å². The summed E-state index contributed by atoms with van der Waals surface area (Å²) in [6.45, 7) is 3.33. The van der Waals surface area contributed by atoms with Crippen LogP contribution in [-0.4, -0.2) is 55.6 Å². The van der Waals surface area contributed by atoms with Crippen LogP contribution >= 0.6 is 0 Å². The summed E-state index contributed by atoms with van der Waals surface area (Å²) in [6.07, 6.45) is 2.19. The van der Waals surface area contributed by atoms with Crippen molar-refractivity contribution < 1.29 is 14.3 Å². The molecule has 1 atom stereocenters. The van der Waals surface area contributed by atoms with E-state index in [4.69, 9.17) is 10.5 Å². The molecule has 2 amide bonds. The maximum atomic E-state index is 11.6. The minimum Gasteiger partial charge on any atom is -0.375 e. The molecule has 1 saturated heterocycles. The third kappa shape index (κ3) is 4.27. The quantitative estimate of drug-likeness (QED) is 0.694. The number of hydrogen-bond donors (Lipinski definition) is 2. The van der Waals surface area contributed by atoms with Crippen LogP contribution in [0.5, 0.6) is 0 Å². The van der Waals surface area contributed by atoms with Crippen molar-refractivity contribution in [2.45, 2.75) is 38.3 Å². The SMILES string of the molecule is CCC(N)C(=O)NC1CCN(C(=O)COC)CC1. The molecule has 1 heterocycles. The number of carbonyl (C=O) groups is 2. The van der Waals surface area contributed by atoms with Crippen molar-refractivity contribution in [3.05, 3.63) is 0 Å². The number of carbonyl (C=O) groups excluding carboxylic acids is 2. The van der Waals surface area contributed by atoms with E-state index in [2.05, 4.69) is 5.32 Å². The molecule has 1 fully saturated rings. The van der Waals surface area contributed by atoms with Crippen LogP contribution in [0.15, 0.2) is 0 Å². The molecule has 104 valence electrons. The average Bonchev–Trinajstić information content (AvgIpc) is 2.38. The molecule has 0 bridgehead atoms. The van der Waals surface area contributed by atoms with Gasteiger partial charge in [-0.15, -0.1) is 0 Å². The largest absolute Gasteiger partial charge is 0.375 e. The second-order valence-electron chi connectivity index (χ2n) is 4.61. The average molecular weight is 257 g/mol. The molecule has 0 spiro atoms. The van der Waals surface area contributed by atoms with Gasteiger partial charge in [-0.2, -0.15) is 0 Å². The van der Waals surface area contributed by atoms with Crippen molar-refractivity contribution in [1.82, 2.24) is 10.2 Å². The molecule has 1 unspecified atom stereocenters. The topological polar surface area (TPSA) is 84.7 Å². The van der Waals surface area contributed by atoms with Gasteiger partial charge in [0.2, 0.25) is 11.8 Å². The van der Waals surface area contributed by atoms with Crippen LogP contribution in [0.1, 0.15) is 26.2 Å². The Bertz CT molecular complexity index is 288. The standard InChI is InChI=1S/C12H23N3O3/c1-3-10(13)12(17)14-9-4-6-15(7-5-9)11(16)8-18-2/h9-10H,3-8,13H2,1-2H3,(H,14,17). The van der Waals surface area contributed by atoms with Crippen molar-refractivity contribution in [3.8, 4) is 0 Å². The van der Waals surface area contributed by atoms with Gasteiger partial charge in [-0.3, -0.25) is 9.59 Å². The van der Waals surface area contributed by atoms with Crippen LogP contribution in [0.3, 0.4) is 0 Å². The normalized spacial score (nSPS) is 18.5. The van der Waals surface area contributed by atoms with Gasteiger partial charge in [0, 0.05) is 26.2 Å². The zero-order chi connectivity index (χ0) is 13.5. The number of piperidine rings is 1. The fourth-order valence-electron chi connectivity index (χ4n) is 1.98. The van der Waals surface area contributed by atoms with Crippen molar-refractivity contribution >= 4 is 11.8 Å². The van der Waals surface area contributed by atoms with Crippen molar-refractivity contribution in [2.75, 3.05) is 26.8 Å². The van der Waals surface area contributed by atoms with Crippen LogP contribution in [-0.2, 0) is 14.3 Å². The summed E-state index contributed by atoms with van der Waals surface area (Å²) in [5, 5.41) is 2.93. The maximum absolute atomic E-state index is 11.6. The van der Waals surface area contributed by atoms with Gasteiger partial charge in [-0.25, -0.2) is 0 Å². The Morgan fingerprint density at radius 3 is 2.56 bits per heavy atom. The van der Waals surface area contributed by atoms with E-state index >= 15 is 0 Å². The summed E-state index contributed by atoms with van der Waals surface area (Å²) in [6, 6.07) is -0.306. The lowest BCUT2D eigenvalue weighted by atomic mass is 10.0. The van der Waals surface area contributed by atoms with Gasteiger partial charge in [0.05, 0.1) is 6.04 Å². The van der Waals surface area contributed by atoms with Crippen LogP contribution in [0.4, 0.5) is 0 Å². The molecule has 6 heteroatoms. The van der Waals surface area contributed by atoms with Crippen LogP contribution in [0, 0.1) is 0 Å². The van der Waals surface area contributed by atoms with Gasteiger partial charge < -0.3 is 20.7 Å². The van der Waals surface area contributed by atoms with Crippen LogP contribution in [0.2, 0.25) is 0 Å². The molecule has 0 radical (unpaired) electrons. The highest BCUT2D eigenvalue weighted by Gasteiger charge is 2.24. The third-order valence-corrected chi connectivity index (χ3v) is 3.24. The van der Waals surface area contributed by atoms with Gasteiger partial charge in [0.25, 0.3) is 0 Å². The summed E-state index contributed by atoms with van der Waals surface area (Å²) in [7, 11) is 1.51. The summed E-state index contributed by atoms with van der Waals surface area (Å²) in [4.78, 5) is 25.0. The van der Waals surface area contributed by atoms with E-state index in [0.717, 1.165) is 12.8 Å². The Morgan fingerprint density at radius 1 is 1.44 bits per heavy atom. The molecular formula is C12H23N3O3.